The van der Waals surface area contributed by atoms with Crippen molar-refractivity contribution in [1.29, 1.82) is 0 Å². The number of hydrogen-bond acceptors (Lipinski definition) is 5. The van der Waals surface area contributed by atoms with Crippen molar-refractivity contribution in [2.75, 3.05) is 10.6 Å². The summed E-state index contributed by atoms with van der Waals surface area (Å²) in [6.07, 6.45) is 1.53. The summed E-state index contributed by atoms with van der Waals surface area (Å²) in [4.78, 5) is 34.0. The van der Waals surface area contributed by atoms with Gasteiger partial charge < -0.3 is 10.6 Å². The molecule has 3 aromatic rings. The number of nitrogens with zero attached hydrogens (tertiary/aromatic N) is 3. The maximum atomic E-state index is 12.4. The molecule has 28 heavy (non-hydrogen) atoms. The molecule has 0 unspecified atom stereocenters. The van der Waals surface area contributed by atoms with Gasteiger partial charge in [0.1, 0.15) is 0 Å². The fraction of sp³-hybridized carbons (Fsp3) is 0.0556. The van der Waals surface area contributed by atoms with E-state index in [1.54, 1.807) is 18.2 Å². The van der Waals surface area contributed by atoms with E-state index in [-0.39, 0.29) is 17.3 Å². The first-order valence-electron chi connectivity index (χ1n) is 8.02. The van der Waals surface area contributed by atoms with Crippen LogP contribution in [0.2, 0.25) is 5.02 Å². The topological polar surface area (TPSA) is 119 Å². The van der Waals surface area contributed by atoms with Gasteiger partial charge in [-0.05, 0) is 30.3 Å². The maximum Gasteiger partial charge on any atom is 0.276 e. The largest absolute Gasteiger partial charge is 0.325 e. The van der Waals surface area contributed by atoms with Crippen LogP contribution in [0.1, 0.15) is 17.4 Å². The number of anilines is 2. The van der Waals surface area contributed by atoms with Gasteiger partial charge in [0.2, 0.25) is 5.91 Å². The van der Waals surface area contributed by atoms with Gasteiger partial charge in [-0.3, -0.25) is 19.7 Å². The Morgan fingerprint density at radius 1 is 1.14 bits per heavy atom. The van der Waals surface area contributed by atoms with E-state index < -0.39 is 10.8 Å². The van der Waals surface area contributed by atoms with E-state index in [9.17, 15) is 19.7 Å². The van der Waals surface area contributed by atoms with Gasteiger partial charge in [-0.25, -0.2) is 4.68 Å². The summed E-state index contributed by atoms with van der Waals surface area (Å²) in [6, 6.07) is 12.0. The molecule has 3 rings (SSSR count). The average Bonchev–Trinajstić information content (AvgIpc) is 3.14. The molecule has 9 nitrogen and oxygen atoms in total. The second-order valence-corrected chi connectivity index (χ2v) is 6.16. The van der Waals surface area contributed by atoms with Crippen LogP contribution in [0, 0.1) is 10.1 Å². The summed E-state index contributed by atoms with van der Waals surface area (Å²) in [6.45, 7) is 1.35. The van der Waals surface area contributed by atoms with Gasteiger partial charge in [0, 0.05) is 30.9 Å². The monoisotopic (exact) mass is 399 g/mol. The van der Waals surface area contributed by atoms with Crippen LogP contribution < -0.4 is 10.6 Å². The Bertz CT molecular complexity index is 1080. The quantitative estimate of drug-likeness (QED) is 0.501. The van der Waals surface area contributed by atoms with Crippen molar-refractivity contribution in [2.24, 2.45) is 0 Å². The molecule has 0 bridgehead atoms. The van der Waals surface area contributed by atoms with Gasteiger partial charge in [0.25, 0.3) is 11.6 Å². The summed E-state index contributed by atoms with van der Waals surface area (Å²) >= 11 is 6.01. The molecule has 0 aliphatic rings. The molecule has 0 aliphatic heterocycles. The van der Waals surface area contributed by atoms with Crippen molar-refractivity contribution >= 4 is 40.5 Å². The van der Waals surface area contributed by atoms with E-state index in [2.05, 4.69) is 15.7 Å². The van der Waals surface area contributed by atoms with Crippen molar-refractivity contribution in [2.45, 2.75) is 6.92 Å². The molecule has 0 radical (unpaired) electrons. The highest BCUT2D eigenvalue weighted by molar-refractivity contribution is 6.33. The Labute approximate surface area is 164 Å². The lowest BCUT2D eigenvalue weighted by atomic mass is 10.2. The Balaban J connectivity index is 1.79. The third-order valence-electron chi connectivity index (χ3n) is 3.66. The number of benzene rings is 2. The Morgan fingerprint density at radius 2 is 1.93 bits per heavy atom. The number of halogens is 1. The van der Waals surface area contributed by atoms with Crippen LogP contribution >= 0.6 is 11.6 Å². The van der Waals surface area contributed by atoms with Crippen molar-refractivity contribution < 1.29 is 14.5 Å². The standard InChI is InChI=1S/C18H14ClN5O4/c1-11(25)20-17-9-12(5-6-15(17)19)21-18(26)16-7-8-23(22-16)13-3-2-4-14(10-13)24(27)28/h2-10H,1H3,(H,20,25)(H,21,26). The number of hydrogen-bond donors (Lipinski definition) is 2. The highest BCUT2D eigenvalue weighted by atomic mass is 35.5. The minimum absolute atomic E-state index is 0.0781. The predicted molar refractivity (Wildman–Crippen MR) is 104 cm³/mol. The second kappa shape index (κ2) is 7.89. The van der Waals surface area contributed by atoms with Gasteiger partial charge in [0.15, 0.2) is 5.69 Å². The molecule has 1 aromatic heterocycles. The molecule has 142 valence electrons. The number of nitro groups is 1. The van der Waals surface area contributed by atoms with Gasteiger partial charge in [-0.2, -0.15) is 5.10 Å². The molecule has 10 heteroatoms. The smallest absolute Gasteiger partial charge is 0.276 e. The van der Waals surface area contributed by atoms with Crippen LogP contribution in [-0.2, 0) is 4.79 Å². The lowest BCUT2D eigenvalue weighted by Crippen LogP contribution is -2.14. The highest BCUT2D eigenvalue weighted by Crippen LogP contribution is 2.26. The molecule has 1 heterocycles. The molecule has 2 amide bonds. The summed E-state index contributed by atoms with van der Waals surface area (Å²) in [7, 11) is 0. The van der Waals surface area contributed by atoms with Gasteiger partial charge in [-0.1, -0.05) is 17.7 Å². The lowest BCUT2D eigenvalue weighted by molar-refractivity contribution is -0.384. The zero-order valence-electron chi connectivity index (χ0n) is 14.5. The molecular formula is C18H14ClN5O4. The molecular weight excluding hydrogens is 386 g/mol. The van der Waals surface area contributed by atoms with Crippen LogP contribution in [-0.4, -0.2) is 26.5 Å². The summed E-state index contributed by atoms with van der Waals surface area (Å²) in [5.74, 6) is -0.777. The van der Waals surface area contributed by atoms with Crippen LogP contribution in [0.5, 0.6) is 0 Å². The normalized spacial score (nSPS) is 10.4. The molecule has 0 spiro atoms. The van der Waals surface area contributed by atoms with E-state index in [1.807, 2.05) is 0 Å². The number of carbonyl (C=O) groups is 2. The highest BCUT2D eigenvalue weighted by Gasteiger charge is 2.13. The molecule has 2 N–H and O–H groups in total. The van der Waals surface area contributed by atoms with Crippen molar-refractivity contribution in [3.8, 4) is 5.69 Å². The summed E-state index contributed by atoms with van der Waals surface area (Å²) < 4.78 is 1.37. The van der Waals surface area contributed by atoms with Gasteiger partial charge in [0.05, 0.1) is 21.3 Å². The van der Waals surface area contributed by atoms with Crippen LogP contribution in [0.25, 0.3) is 5.69 Å². The minimum Gasteiger partial charge on any atom is -0.325 e. The fourth-order valence-corrected chi connectivity index (χ4v) is 2.59. The lowest BCUT2D eigenvalue weighted by Gasteiger charge is -2.09. The van der Waals surface area contributed by atoms with E-state index in [1.165, 1.54) is 48.1 Å². The fourth-order valence-electron chi connectivity index (χ4n) is 2.42. The first-order chi connectivity index (χ1) is 13.3. The Morgan fingerprint density at radius 3 is 2.64 bits per heavy atom. The Hall–Kier alpha value is -3.72. The zero-order chi connectivity index (χ0) is 20.3. The zero-order valence-corrected chi connectivity index (χ0v) is 15.3. The molecule has 0 saturated heterocycles. The SMILES string of the molecule is CC(=O)Nc1cc(NC(=O)c2ccn(-c3cccc([N+](=O)[O-])c3)n2)ccc1Cl. The van der Waals surface area contributed by atoms with Crippen molar-refractivity contribution in [3.05, 3.63) is 75.6 Å². The number of nitro benzene ring substituents is 1. The predicted octanol–water partition coefficient (Wildman–Crippen LogP) is 3.64. The second-order valence-electron chi connectivity index (χ2n) is 5.75. The van der Waals surface area contributed by atoms with Crippen LogP contribution in [0.3, 0.4) is 0 Å². The van der Waals surface area contributed by atoms with Gasteiger partial charge in [-0.15, -0.1) is 0 Å². The van der Waals surface area contributed by atoms with Crippen LogP contribution in [0.4, 0.5) is 17.1 Å². The number of nitrogens with one attached hydrogen (secondary N) is 2. The third-order valence-corrected chi connectivity index (χ3v) is 3.99. The van der Waals surface area contributed by atoms with E-state index in [0.717, 1.165) is 0 Å². The van der Waals surface area contributed by atoms with Crippen LogP contribution in [0.15, 0.2) is 54.7 Å². The molecule has 0 saturated carbocycles. The van der Waals surface area contributed by atoms with E-state index in [4.69, 9.17) is 11.6 Å². The molecule has 0 fully saturated rings. The van der Waals surface area contributed by atoms with Crippen molar-refractivity contribution in [1.82, 2.24) is 9.78 Å². The number of aromatic nitrogens is 2. The van der Waals surface area contributed by atoms with E-state index >= 15 is 0 Å². The maximum absolute atomic E-state index is 12.4. The first kappa shape index (κ1) is 19.1. The molecule has 0 aliphatic carbocycles. The average molecular weight is 400 g/mol. The minimum atomic E-state index is -0.506. The number of rotatable bonds is 5. The van der Waals surface area contributed by atoms with Gasteiger partial charge >= 0.3 is 0 Å². The van der Waals surface area contributed by atoms with E-state index in [0.29, 0.717) is 22.1 Å². The molecule has 2 aromatic carbocycles. The number of amides is 2. The Kier molecular flexibility index (Phi) is 5.37. The number of carbonyl (C=O) groups excluding carboxylic acids is 2. The summed E-state index contributed by atoms with van der Waals surface area (Å²) in [5.41, 5.74) is 1.28. The molecule has 0 atom stereocenters. The first-order valence-corrected chi connectivity index (χ1v) is 8.40. The van der Waals surface area contributed by atoms with Crippen molar-refractivity contribution in [3.63, 3.8) is 0 Å². The number of non-ortho nitro benzene ring substituents is 1. The summed E-state index contributed by atoms with van der Waals surface area (Å²) in [5, 5.41) is 20.6. The third kappa shape index (κ3) is 4.33.